The van der Waals surface area contributed by atoms with Gasteiger partial charge < -0.3 is 14.2 Å². The van der Waals surface area contributed by atoms with Crippen LogP contribution in [0, 0.1) is 0 Å². The molecule has 0 aromatic heterocycles. The lowest BCUT2D eigenvalue weighted by Gasteiger charge is -2.18. The number of unbranched alkanes of at least 4 members (excludes halogenated alkanes) is 24. The van der Waals surface area contributed by atoms with Gasteiger partial charge in [-0.1, -0.05) is 191 Å². The van der Waals surface area contributed by atoms with Crippen molar-refractivity contribution in [1.82, 2.24) is 0 Å². The normalized spacial score (nSPS) is 12.4. The molecule has 0 saturated heterocycles. The lowest BCUT2D eigenvalue weighted by molar-refractivity contribution is -0.167. The quantitative estimate of drug-likeness (QED) is 0.0265. The van der Waals surface area contributed by atoms with Gasteiger partial charge in [0.25, 0.3) is 0 Å². The smallest absolute Gasteiger partial charge is 0.306 e. The van der Waals surface area contributed by atoms with Gasteiger partial charge in [-0.15, -0.1) is 0 Å². The summed E-state index contributed by atoms with van der Waals surface area (Å²) in [6.07, 6.45) is 53.7. The molecule has 1 unspecified atom stereocenters. The maximum Gasteiger partial charge on any atom is 0.306 e. The molecule has 0 amide bonds. The average molecular weight is 799 g/mol. The van der Waals surface area contributed by atoms with Crippen LogP contribution in [0.3, 0.4) is 0 Å². The van der Waals surface area contributed by atoms with E-state index < -0.39 is 6.10 Å². The highest BCUT2D eigenvalue weighted by atomic mass is 16.6. The summed E-state index contributed by atoms with van der Waals surface area (Å²) in [5, 5.41) is 0. The van der Waals surface area contributed by atoms with Crippen LogP contribution >= 0.6 is 0 Å². The summed E-state index contributed by atoms with van der Waals surface area (Å²) in [6, 6.07) is 0. The van der Waals surface area contributed by atoms with E-state index in [0.717, 1.165) is 96.3 Å². The Balaban J connectivity index is 4.38. The van der Waals surface area contributed by atoms with E-state index in [2.05, 4.69) is 69.4 Å². The largest absolute Gasteiger partial charge is 0.462 e. The van der Waals surface area contributed by atoms with Gasteiger partial charge in [0.1, 0.15) is 13.2 Å². The van der Waals surface area contributed by atoms with E-state index in [1.807, 2.05) is 0 Å². The fourth-order valence-corrected chi connectivity index (χ4v) is 6.69. The highest BCUT2D eigenvalue weighted by molar-refractivity contribution is 5.71. The van der Waals surface area contributed by atoms with Gasteiger partial charge in [-0.25, -0.2) is 0 Å². The van der Waals surface area contributed by atoms with E-state index in [9.17, 15) is 14.4 Å². The molecule has 0 rings (SSSR count). The second-order valence-corrected chi connectivity index (χ2v) is 16.0. The van der Waals surface area contributed by atoms with E-state index in [4.69, 9.17) is 14.2 Å². The van der Waals surface area contributed by atoms with E-state index >= 15 is 0 Å². The van der Waals surface area contributed by atoms with Gasteiger partial charge in [0.2, 0.25) is 0 Å². The molecule has 6 heteroatoms. The van der Waals surface area contributed by atoms with Crippen molar-refractivity contribution >= 4 is 17.9 Å². The zero-order valence-corrected chi connectivity index (χ0v) is 37.6. The molecular weight excluding hydrogens is 709 g/mol. The highest BCUT2D eigenvalue weighted by Crippen LogP contribution is 2.14. The first-order valence-electron chi connectivity index (χ1n) is 24.1. The van der Waals surface area contributed by atoms with Crippen molar-refractivity contribution in [2.24, 2.45) is 0 Å². The van der Waals surface area contributed by atoms with Gasteiger partial charge >= 0.3 is 17.9 Å². The molecule has 0 spiro atoms. The first-order valence-corrected chi connectivity index (χ1v) is 24.1. The van der Waals surface area contributed by atoms with Crippen molar-refractivity contribution in [1.29, 1.82) is 0 Å². The molecule has 0 bridgehead atoms. The maximum atomic E-state index is 12.7. The van der Waals surface area contributed by atoms with Crippen molar-refractivity contribution in [3.8, 4) is 0 Å². The summed E-state index contributed by atoms with van der Waals surface area (Å²) in [5.41, 5.74) is 0. The summed E-state index contributed by atoms with van der Waals surface area (Å²) < 4.78 is 16.7. The van der Waals surface area contributed by atoms with Crippen molar-refractivity contribution in [3.63, 3.8) is 0 Å². The Morgan fingerprint density at radius 1 is 0.368 bits per heavy atom. The van der Waals surface area contributed by atoms with Crippen LogP contribution in [0.4, 0.5) is 0 Å². The number of allylic oxidation sites excluding steroid dienone is 8. The van der Waals surface area contributed by atoms with Crippen LogP contribution in [0.25, 0.3) is 0 Å². The first-order chi connectivity index (χ1) is 28.0. The minimum atomic E-state index is -0.778. The molecule has 0 aliphatic carbocycles. The van der Waals surface area contributed by atoms with Crippen LogP contribution in [0.5, 0.6) is 0 Å². The standard InChI is InChI=1S/C51H90O6/c1-4-7-10-13-16-19-22-24-25-26-27-30-32-35-38-41-44-50(53)56-47-48(46-55-49(52)43-40-37-34-31-28-21-18-15-12-9-6-3)57-51(54)45-42-39-36-33-29-23-20-17-14-11-8-5-2/h7,10,16-17,19-20,24-25,48H,4-6,8-9,11-15,18,21-23,26-47H2,1-3H3/b10-7-,19-16-,20-17-,25-24-. The van der Waals surface area contributed by atoms with Crippen molar-refractivity contribution < 1.29 is 28.6 Å². The Morgan fingerprint density at radius 3 is 1.12 bits per heavy atom. The molecule has 6 nitrogen and oxygen atoms in total. The number of ether oxygens (including phenoxy) is 3. The van der Waals surface area contributed by atoms with Crippen LogP contribution < -0.4 is 0 Å². The number of carbonyl (C=O) groups is 3. The molecule has 0 heterocycles. The van der Waals surface area contributed by atoms with Gasteiger partial charge in [0, 0.05) is 19.3 Å². The van der Waals surface area contributed by atoms with Crippen LogP contribution in [0.15, 0.2) is 48.6 Å². The van der Waals surface area contributed by atoms with Crippen LogP contribution in [0.1, 0.15) is 239 Å². The molecule has 0 aliphatic rings. The summed E-state index contributed by atoms with van der Waals surface area (Å²) in [4.78, 5) is 37.8. The monoisotopic (exact) mass is 799 g/mol. The minimum absolute atomic E-state index is 0.0790. The molecule has 0 saturated carbocycles. The topological polar surface area (TPSA) is 78.9 Å². The molecule has 330 valence electrons. The lowest BCUT2D eigenvalue weighted by Crippen LogP contribution is -2.30. The SMILES string of the molecule is CC/C=C\C/C=C\C/C=C\CCCCCCCCC(=O)OCC(COC(=O)CCCCCCCCCCCCC)OC(=O)CCCCCCC/C=C\CCCCC. The molecule has 0 aromatic rings. The van der Waals surface area contributed by atoms with E-state index in [1.54, 1.807) is 0 Å². The van der Waals surface area contributed by atoms with E-state index in [1.165, 1.54) is 103 Å². The van der Waals surface area contributed by atoms with E-state index in [-0.39, 0.29) is 31.1 Å². The highest BCUT2D eigenvalue weighted by Gasteiger charge is 2.19. The fourth-order valence-electron chi connectivity index (χ4n) is 6.69. The summed E-state index contributed by atoms with van der Waals surface area (Å²) in [6.45, 7) is 6.48. The second kappa shape index (κ2) is 46.1. The van der Waals surface area contributed by atoms with Gasteiger partial charge in [0.15, 0.2) is 6.10 Å². The number of esters is 3. The summed E-state index contributed by atoms with van der Waals surface area (Å²) in [7, 11) is 0. The maximum absolute atomic E-state index is 12.7. The predicted molar refractivity (Wildman–Crippen MR) is 242 cm³/mol. The summed E-state index contributed by atoms with van der Waals surface area (Å²) >= 11 is 0. The van der Waals surface area contributed by atoms with Crippen LogP contribution in [-0.4, -0.2) is 37.2 Å². The number of rotatable bonds is 43. The van der Waals surface area contributed by atoms with Gasteiger partial charge in [-0.3, -0.25) is 14.4 Å². The Morgan fingerprint density at radius 2 is 0.684 bits per heavy atom. The third-order valence-electron chi connectivity index (χ3n) is 10.3. The average Bonchev–Trinajstić information content (AvgIpc) is 3.21. The third-order valence-corrected chi connectivity index (χ3v) is 10.3. The summed E-state index contributed by atoms with van der Waals surface area (Å²) in [5.74, 6) is -0.900. The zero-order chi connectivity index (χ0) is 41.5. The Bertz CT molecular complexity index is 1010. The molecule has 57 heavy (non-hydrogen) atoms. The number of hydrogen-bond acceptors (Lipinski definition) is 6. The Hall–Kier alpha value is -2.63. The van der Waals surface area contributed by atoms with Crippen LogP contribution in [-0.2, 0) is 28.6 Å². The molecule has 0 aromatic carbocycles. The molecule has 0 fully saturated rings. The predicted octanol–water partition coefficient (Wildman–Crippen LogP) is 15.5. The van der Waals surface area contributed by atoms with Gasteiger partial charge in [-0.2, -0.15) is 0 Å². The zero-order valence-electron chi connectivity index (χ0n) is 37.6. The molecule has 0 radical (unpaired) electrons. The number of hydrogen-bond donors (Lipinski definition) is 0. The molecule has 0 aliphatic heterocycles. The molecule has 1 atom stereocenters. The molecule has 0 N–H and O–H groups in total. The van der Waals surface area contributed by atoms with Crippen LogP contribution in [0.2, 0.25) is 0 Å². The lowest BCUT2D eigenvalue weighted by atomic mass is 10.1. The van der Waals surface area contributed by atoms with Crippen molar-refractivity contribution in [2.75, 3.05) is 13.2 Å². The third kappa shape index (κ3) is 44.3. The number of carbonyl (C=O) groups excluding carboxylic acids is 3. The first kappa shape index (κ1) is 54.4. The fraction of sp³-hybridized carbons (Fsp3) is 0.784. The van der Waals surface area contributed by atoms with Crippen molar-refractivity contribution in [2.45, 2.75) is 245 Å². The molecular formula is C51H90O6. The van der Waals surface area contributed by atoms with Gasteiger partial charge in [-0.05, 0) is 77.0 Å². The Kier molecular flexibility index (Phi) is 43.9. The minimum Gasteiger partial charge on any atom is -0.462 e. The Labute approximate surface area is 352 Å². The van der Waals surface area contributed by atoms with E-state index in [0.29, 0.717) is 19.3 Å². The van der Waals surface area contributed by atoms with Crippen molar-refractivity contribution in [3.05, 3.63) is 48.6 Å². The van der Waals surface area contributed by atoms with Gasteiger partial charge in [0.05, 0.1) is 0 Å². The second-order valence-electron chi connectivity index (χ2n) is 16.0.